The molecule has 0 unspecified atom stereocenters. The van der Waals surface area contributed by atoms with E-state index in [-0.39, 0.29) is 18.8 Å². The highest BCUT2D eigenvalue weighted by Crippen LogP contribution is 2.40. The van der Waals surface area contributed by atoms with Gasteiger partial charge in [-0.05, 0) is 19.8 Å². The zero-order chi connectivity index (χ0) is 14.2. The number of halogens is 2. The van der Waals surface area contributed by atoms with Crippen molar-refractivity contribution < 1.29 is 8.78 Å². The van der Waals surface area contributed by atoms with Gasteiger partial charge in [0.15, 0.2) is 0 Å². The highest BCUT2D eigenvalue weighted by molar-refractivity contribution is 5.30. The van der Waals surface area contributed by atoms with Gasteiger partial charge in [0.1, 0.15) is 5.82 Å². The van der Waals surface area contributed by atoms with Crippen LogP contribution >= 0.6 is 0 Å². The van der Waals surface area contributed by atoms with Gasteiger partial charge in [0, 0.05) is 44.4 Å². The van der Waals surface area contributed by atoms with Crippen LogP contribution in [-0.2, 0) is 0 Å². The average Bonchev–Trinajstić information content (AvgIpc) is 2.88. The van der Waals surface area contributed by atoms with Crippen molar-refractivity contribution >= 4 is 5.95 Å². The predicted molar refractivity (Wildman–Crippen MR) is 72.2 cm³/mol. The van der Waals surface area contributed by atoms with Crippen LogP contribution in [-0.4, -0.2) is 46.8 Å². The van der Waals surface area contributed by atoms with E-state index in [0.29, 0.717) is 24.8 Å². The molecule has 1 atom stereocenters. The molecule has 112 valence electrons. The first-order valence-corrected chi connectivity index (χ1v) is 7.32. The van der Waals surface area contributed by atoms with E-state index >= 15 is 0 Å². The zero-order valence-corrected chi connectivity index (χ0v) is 11.7. The molecule has 2 N–H and O–H groups in total. The zero-order valence-electron chi connectivity index (χ0n) is 11.7. The number of rotatable bonds is 2. The quantitative estimate of drug-likeness (QED) is 0.871. The summed E-state index contributed by atoms with van der Waals surface area (Å²) >= 11 is 0. The summed E-state index contributed by atoms with van der Waals surface area (Å²) in [4.78, 5) is 6.66. The van der Waals surface area contributed by atoms with Crippen LogP contribution in [0.5, 0.6) is 0 Å². The first kappa shape index (κ1) is 13.7. The fraction of sp³-hybridized carbons (Fsp3) is 0.846. The summed E-state index contributed by atoms with van der Waals surface area (Å²) < 4.78 is 26.3. The molecule has 2 heterocycles. The molecule has 1 aliphatic carbocycles. The number of nitrogens with one attached hydrogen (secondary N) is 2. The monoisotopic (exact) mass is 285 g/mol. The molecular formula is C13H21F2N5. The maximum absolute atomic E-state index is 13.2. The first-order valence-electron chi connectivity index (χ1n) is 7.32. The van der Waals surface area contributed by atoms with E-state index in [2.05, 4.69) is 32.3 Å². The van der Waals surface area contributed by atoms with E-state index in [9.17, 15) is 8.78 Å². The molecule has 3 rings (SSSR count). The molecule has 20 heavy (non-hydrogen) atoms. The molecular weight excluding hydrogens is 264 g/mol. The number of aromatic amines is 1. The van der Waals surface area contributed by atoms with Gasteiger partial charge >= 0.3 is 0 Å². The Morgan fingerprint density at radius 3 is 2.75 bits per heavy atom. The normalized spacial score (nSPS) is 27.8. The topological polar surface area (TPSA) is 56.8 Å². The maximum Gasteiger partial charge on any atom is 0.248 e. The Morgan fingerprint density at radius 1 is 1.30 bits per heavy atom. The third kappa shape index (κ3) is 2.92. The van der Waals surface area contributed by atoms with Gasteiger partial charge < -0.3 is 10.2 Å². The van der Waals surface area contributed by atoms with Crippen molar-refractivity contribution in [3.63, 3.8) is 0 Å². The van der Waals surface area contributed by atoms with Gasteiger partial charge in [-0.1, -0.05) is 0 Å². The van der Waals surface area contributed by atoms with Gasteiger partial charge in [0.25, 0.3) is 0 Å². The number of hydrogen-bond acceptors (Lipinski definition) is 4. The van der Waals surface area contributed by atoms with E-state index in [1.54, 1.807) is 0 Å². The van der Waals surface area contributed by atoms with Crippen molar-refractivity contribution in [2.45, 2.75) is 50.5 Å². The number of H-pyrrole nitrogens is 1. The molecule has 2 fully saturated rings. The Morgan fingerprint density at radius 2 is 2.05 bits per heavy atom. The Kier molecular flexibility index (Phi) is 3.62. The fourth-order valence-electron chi connectivity index (χ4n) is 3.02. The highest BCUT2D eigenvalue weighted by Gasteiger charge is 2.36. The van der Waals surface area contributed by atoms with Gasteiger partial charge in [-0.3, -0.25) is 5.10 Å². The predicted octanol–water partition coefficient (Wildman–Crippen LogP) is 1.90. The van der Waals surface area contributed by atoms with Crippen molar-refractivity contribution in [1.29, 1.82) is 0 Å². The second kappa shape index (κ2) is 5.27. The van der Waals surface area contributed by atoms with E-state index < -0.39 is 5.92 Å². The Hall–Kier alpha value is -1.24. The van der Waals surface area contributed by atoms with Crippen LogP contribution in [0.25, 0.3) is 0 Å². The number of aromatic nitrogens is 3. The molecule has 0 aromatic carbocycles. The summed E-state index contributed by atoms with van der Waals surface area (Å²) in [5, 5.41) is 10.6. The summed E-state index contributed by atoms with van der Waals surface area (Å²) in [5.41, 5.74) is 0. The van der Waals surface area contributed by atoms with Crippen LogP contribution in [0, 0.1) is 0 Å². The lowest BCUT2D eigenvalue weighted by molar-refractivity contribution is -0.0387. The molecule has 5 nitrogen and oxygen atoms in total. The molecule has 1 aromatic heterocycles. The summed E-state index contributed by atoms with van der Waals surface area (Å²) in [6.07, 6.45) is 0.885. The molecule has 7 heteroatoms. The first-order chi connectivity index (χ1) is 9.53. The lowest BCUT2D eigenvalue weighted by Gasteiger charge is -2.31. The smallest absolute Gasteiger partial charge is 0.248 e. The Bertz CT molecular complexity index is 451. The van der Waals surface area contributed by atoms with Crippen molar-refractivity contribution in [3.05, 3.63) is 5.82 Å². The fourth-order valence-corrected chi connectivity index (χ4v) is 3.02. The molecule has 1 saturated carbocycles. The van der Waals surface area contributed by atoms with Crippen molar-refractivity contribution in [1.82, 2.24) is 20.5 Å². The average molecular weight is 285 g/mol. The molecule has 2 aliphatic rings. The Labute approximate surface area is 117 Å². The van der Waals surface area contributed by atoms with E-state index in [1.165, 1.54) is 0 Å². The number of alkyl halides is 2. The summed E-state index contributed by atoms with van der Waals surface area (Å²) in [6, 6.07) is 0.416. The minimum atomic E-state index is -2.49. The van der Waals surface area contributed by atoms with Gasteiger partial charge in [0.2, 0.25) is 11.9 Å². The molecule has 0 bridgehead atoms. The molecule has 1 aromatic rings. The van der Waals surface area contributed by atoms with Gasteiger partial charge in [0.05, 0.1) is 0 Å². The second-order valence-electron chi connectivity index (χ2n) is 5.95. The summed E-state index contributed by atoms with van der Waals surface area (Å²) in [6.45, 7) is 4.80. The summed E-state index contributed by atoms with van der Waals surface area (Å²) in [7, 11) is 0. The van der Waals surface area contributed by atoms with Crippen molar-refractivity contribution in [3.8, 4) is 0 Å². The highest BCUT2D eigenvalue weighted by atomic mass is 19.3. The van der Waals surface area contributed by atoms with Crippen LogP contribution in [0.1, 0.15) is 44.3 Å². The molecule has 1 saturated heterocycles. The van der Waals surface area contributed by atoms with Crippen LogP contribution in [0.4, 0.5) is 14.7 Å². The SMILES string of the molecule is C[C@H]1CN(c2n[nH]c(C3CCC(F)(F)CC3)n2)CCN1. The lowest BCUT2D eigenvalue weighted by Crippen LogP contribution is -2.49. The van der Waals surface area contributed by atoms with Crippen LogP contribution in [0.3, 0.4) is 0 Å². The number of anilines is 1. The summed E-state index contributed by atoms with van der Waals surface area (Å²) in [5.74, 6) is -0.934. The minimum absolute atomic E-state index is 0.0433. The number of nitrogens with zero attached hydrogens (tertiary/aromatic N) is 3. The molecule has 0 amide bonds. The van der Waals surface area contributed by atoms with Crippen LogP contribution in [0.2, 0.25) is 0 Å². The molecule has 1 aliphatic heterocycles. The maximum atomic E-state index is 13.2. The van der Waals surface area contributed by atoms with Gasteiger partial charge in [-0.25, -0.2) is 8.78 Å². The lowest BCUT2D eigenvalue weighted by atomic mass is 9.86. The number of hydrogen-bond donors (Lipinski definition) is 2. The second-order valence-corrected chi connectivity index (χ2v) is 5.95. The van der Waals surface area contributed by atoms with Crippen molar-refractivity contribution in [2.24, 2.45) is 0 Å². The molecule has 0 radical (unpaired) electrons. The van der Waals surface area contributed by atoms with E-state index in [0.717, 1.165) is 25.5 Å². The third-order valence-electron chi connectivity index (χ3n) is 4.25. The Balaban J connectivity index is 1.65. The van der Waals surface area contributed by atoms with E-state index in [1.807, 2.05) is 0 Å². The van der Waals surface area contributed by atoms with Crippen LogP contribution in [0.15, 0.2) is 0 Å². The van der Waals surface area contributed by atoms with Gasteiger partial charge in [-0.15, -0.1) is 5.10 Å². The standard InChI is InChI=1S/C13H21F2N5/c1-9-8-20(7-6-16-9)12-17-11(18-19-12)10-2-4-13(14,15)5-3-10/h9-10,16H,2-8H2,1H3,(H,17,18,19)/t9-/m0/s1. The van der Waals surface area contributed by atoms with Crippen LogP contribution < -0.4 is 10.2 Å². The van der Waals surface area contributed by atoms with Gasteiger partial charge in [-0.2, -0.15) is 4.98 Å². The largest absolute Gasteiger partial charge is 0.337 e. The van der Waals surface area contributed by atoms with Crippen molar-refractivity contribution in [2.75, 3.05) is 24.5 Å². The molecule has 0 spiro atoms. The third-order valence-corrected chi connectivity index (χ3v) is 4.25. The minimum Gasteiger partial charge on any atom is -0.337 e. The van der Waals surface area contributed by atoms with E-state index in [4.69, 9.17) is 0 Å². The number of piperazine rings is 1.